The Hall–Kier alpha value is -1.93. The third-order valence-electron chi connectivity index (χ3n) is 2.71. The molecule has 112 valence electrons. The van der Waals surface area contributed by atoms with Gasteiger partial charge in [0.1, 0.15) is 0 Å². The highest BCUT2D eigenvalue weighted by Crippen LogP contribution is 2.32. The number of nitrogens with two attached hydrogens (primary N) is 1. The molecule has 0 saturated heterocycles. The molecule has 2 aromatic rings. The predicted octanol–water partition coefficient (Wildman–Crippen LogP) is 1.88. The van der Waals surface area contributed by atoms with Crippen molar-refractivity contribution in [2.75, 3.05) is 0 Å². The fourth-order valence-corrected chi connectivity index (χ4v) is 2.86. The minimum Gasteiger partial charge on any atom is -0.409 e. The number of oxime groups is 1. The van der Waals surface area contributed by atoms with Crippen molar-refractivity contribution in [1.82, 2.24) is 14.8 Å². The maximum Gasteiger partial charge on any atom is 0.343 e. The van der Waals surface area contributed by atoms with Crippen LogP contribution in [0.5, 0.6) is 0 Å². The molecule has 0 bridgehead atoms. The first-order valence-corrected chi connectivity index (χ1v) is 7.36. The molecule has 9 heteroatoms. The van der Waals surface area contributed by atoms with E-state index in [0.717, 1.165) is 11.3 Å². The van der Waals surface area contributed by atoms with Crippen LogP contribution >= 0.6 is 23.4 Å². The molecule has 0 atom stereocenters. The molecule has 7 nitrogen and oxygen atoms in total. The van der Waals surface area contributed by atoms with Gasteiger partial charge >= 0.3 is 5.69 Å². The first-order chi connectivity index (χ1) is 10.1. The summed E-state index contributed by atoms with van der Waals surface area (Å²) < 4.78 is 1.55. The van der Waals surface area contributed by atoms with E-state index in [4.69, 9.17) is 22.5 Å². The molecule has 1 heterocycles. The Kier molecular flexibility index (Phi) is 4.92. The summed E-state index contributed by atoms with van der Waals surface area (Å²) in [6.07, 6.45) is 0.823. The van der Waals surface area contributed by atoms with E-state index in [1.54, 1.807) is 22.8 Å². The number of halogens is 1. The molecule has 0 fully saturated rings. The van der Waals surface area contributed by atoms with Gasteiger partial charge in [-0.1, -0.05) is 23.7 Å². The Morgan fingerprint density at radius 3 is 3.00 bits per heavy atom. The molecular weight excluding hydrogens is 314 g/mol. The van der Waals surface area contributed by atoms with Gasteiger partial charge in [0.2, 0.25) is 0 Å². The third-order valence-corrected chi connectivity index (χ3v) is 4.20. The van der Waals surface area contributed by atoms with E-state index in [2.05, 4.69) is 15.4 Å². The highest BCUT2D eigenvalue weighted by atomic mass is 35.5. The Morgan fingerprint density at radius 2 is 2.38 bits per heavy atom. The minimum atomic E-state index is -0.247. The average Bonchev–Trinajstić information content (AvgIpc) is 2.82. The SMILES string of the molecule is CCCn1c(Sc2ccc(C(N)=NO)cc2Cl)n[nH]c1=O. The number of aromatic amines is 1. The van der Waals surface area contributed by atoms with Crippen molar-refractivity contribution in [3.05, 3.63) is 39.3 Å². The summed E-state index contributed by atoms with van der Waals surface area (Å²) in [5, 5.41) is 18.9. The summed E-state index contributed by atoms with van der Waals surface area (Å²) in [5.74, 6) is -0.0175. The number of H-pyrrole nitrogens is 1. The quantitative estimate of drug-likeness (QED) is 0.336. The van der Waals surface area contributed by atoms with Gasteiger partial charge in [-0.25, -0.2) is 9.89 Å². The van der Waals surface area contributed by atoms with E-state index in [1.165, 1.54) is 11.8 Å². The highest BCUT2D eigenvalue weighted by molar-refractivity contribution is 7.99. The summed E-state index contributed by atoms with van der Waals surface area (Å²) in [7, 11) is 0. The van der Waals surface area contributed by atoms with Crippen LogP contribution in [0.2, 0.25) is 5.02 Å². The van der Waals surface area contributed by atoms with Crippen LogP contribution < -0.4 is 11.4 Å². The number of hydrogen-bond donors (Lipinski definition) is 3. The van der Waals surface area contributed by atoms with Gasteiger partial charge in [0.25, 0.3) is 0 Å². The minimum absolute atomic E-state index is 0.0175. The van der Waals surface area contributed by atoms with Gasteiger partial charge in [0, 0.05) is 17.0 Å². The van der Waals surface area contributed by atoms with Crippen molar-refractivity contribution in [3.8, 4) is 0 Å². The molecule has 0 aliphatic heterocycles. The molecular formula is C12H14ClN5O2S. The predicted molar refractivity (Wildman–Crippen MR) is 81.2 cm³/mol. The van der Waals surface area contributed by atoms with E-state index in [9.17, 15) is 4.79 Å². The summed E-state index contributed by atoms with van der Waals surface area (Å²) in [4.78, 5) is 12.4. The van der Waals surface area contributed by atoms with Gasteiger partial charge in [-0.3, -0.25) is 4.57 Å². The van der Waals surface area contributed by atoms with E-state index < -0.39 is 0 Å². The topological polar surface area (TPSA) is 109 Å². The molecule has 1 aromatic carbocycles. The Labute approximate surface area is 129 Å². The van der Waals surface area contributed by atoms with Crippen LogP contribution in [-0.4, -0.2) is 25.8 Å². The summed E-state index contributed by atoms with van der Waals surface area (Å²) >= 11 is 7.45. The van der Waals surface area contributed by atoms with Gasteiger partial charge in [-0.15, -0.1) is 5.10 Å². The lowest BCUT2D eigenvalue weighted by atomic mass is 10.2. The summed E-state index contributed by atoms with van der Waals surface area (Å²) in [6, 6.07) is 5.00. The van der Waals surface area contributed by atoms with E-state index >= 15 is 0 Å². The largest absolute Gasteiger partial charge is 0.409 e. The maximum absolute atomic E-state index is 11.6. The monoisotopic (exact) mass is 327 g/mol. The molecule has 4 N–H and O–H groups in total. The third kappa shape index (κ3) is 3.40. The van der Waals surface area contributed by atoms with Crippen molar-refractivity contribution in [2.45, 2.75) is 29.9 Å². The number of rotatable bonds is 5. The van der Waals surface area contributed by atoms with Crippen LogP contribution in [0, 0.1) is 0 Å². The highest BCUT2D eigenvalue weighted by Gasteiger charge is 2.12. The molecule has 0 aliphatic carbocycles. The van der Waals surface area contributed by atoms with E-state index in [1.807, 2.05) is 6.92 Å². The van der Waals surface area contributed by atoms with Crippen molar-refractivity contribution < 1.29 is 5.21 Å². The van der Waals surface area contributed by atoms with Gasteiger partial charge in [0.05, 0.1) is 5.02 Å². The molecule has 0 unspecified atom stereocenters. The van der Waals surface area contributed by atoms with Crippen LogP contribution in [0.1, 0.15) is 18.9 Å². The smallest absolute Gasteiger partial charge is 0.343 e. The number of nitrogens with one attached hydrogen (secondary N) is 1. The lowest BCUT2D eigenvalue weighted by molar-refractivity contribution is 0.318. The van der Waals surface area contributed by atoms with Crippen LogP contribution in [-0.2, 0) is 6.54 Å². The van der Waals surface area contributed by atoms with Crippen LogP contribution in [0.25, 0.3) is 0 Å². The van der Waals surface area contributed by atoms with Crippen LogP contribution in [0.4, 0.5) is 0 Å². The number of nitrogens with zero attached hydrogens (tertiary/aromatic N) is 3. The molecule has 0 spiro atoms. The maximum atomic E-state index is 11.6. The van der Waals surface area contributed by atoms with Crippen molar-refractivity contribution in [3.63, 3.8) is 0 Å². The van der Waals surface area contributed by atoms with Gasteiger partial charge in [-0.05, 0) is 36.4 Å². The van der Waals surface area contributed by atoms with Gasteiger partial charge in [0.15, 0.2) is 11.0 Å². The fourth-order valence-electron chi connectivity index (χ4n) is 1.70. The second-order valence-corrected chi connectivity index (χ2v) is 5.61. The lowest BCUT2D eigenvalue weighted by Crippen LogP contribution is -2.17. The fraction of sp³-hybridized carbons (Fsp3) is 0.250. The first kappa shape index (κ1) is 15.5. The average molecular weight is 328 g/mol. The van der Waals surface area contributed by atoms with E-state index in [0.29, 0.717) is 22.3 Å². The van der Waals surface area contributed by atoms with Crippen LogP contribution in [0.15, 0.2) is 38.2 Å². The zero-order chi connectivity index (χ0) is 15.4. The van der Waals surface area contributed by atoms with Gasteiger partial charge in [-0.2, -0.15) is 0 Å². The number of amidine groups is 1. The molecule has 2 rings (SSSR count). The van der Waals surface area contributed by atoms with Crippen molar-refractivity contribution in [2.24, 2.45) is 10.9 Å². The van der Waals surface area contributed by atoms with Crippen molar-refractivity contribution >= 4 is 29.2 Å². The molecule has 0 amide bonds. The molecule has 21 heavy (non-hydrogen) atoms. The van der Waals surface area contributed by atoms with Crippen molar-refractivity contribution in [1.29, 1.82) is 0 Å². The molecule has 0 radical (unpaired) electrons. The zero-order valence-corrected chi connectivity index (χ0v) is 12.8. The normalized spacial score (nSPS) is 11.8. The summed E-state index contributed by atoms with van der Waals surface area (Å²) in [6.45, 7) is 2.56. The lowest BCUT2D eigenvalue weighted by Gasteiger charge is -2.07. The summed E-state index contributed by atoms with van der Waals surface area (Å²) in [5.41, 5.74) is 5.77. The van der Waals surface area contributed by atoms with E-state index in [-0.39, 0.29) is 11.5 Å². The number of aromatic nitrogens is 3. The Balaban J connectivity index is 2.30. The Morgan fingerprint density at radius 1 is 1.62 bits per heavy atom. The molecule has 0 aliphatic rings. The number of benzene rings is 1. The number of hydrogen-bond acceptors (Lipinski definition) is 5. The molecule has 0 saturated carbocycles. The first-order valence-electron chi connectivity index (χ1n) is 6.17. The van der Waals surface area contributed by atoms with Crippen LogP contribution in [0.3, 0.4) is 0 Å². The molecule has 1 aromatic heterocycles. The van der Waals surface area contributed by atoms with Gasteiger partial charge < -0.3 is 10.9 Å². The Bertz CT molecular complexity index is 725. The second-order valence-electron chi connectivity index (χ2n) is 4.20. The second kappa shape index (κ2) is 6.68. The zero-order valence-electron chi connectivity index (χ0n) is 11.2. The standard InChI is InChI=1S/C12H14ClN5O2S/c1-2-5-18-11(19)15-16-12(18)21-9-4-3-7(6-8(9)13)10(14)17-20/h3-4,6,20H,2,5H2,1H3,(H2,14,17)(H,15,19).